The number of hydrogen-bond acceptors (Lipinski definition) is 4. The van der Waals surface area contributed by atoms with Crippen LogP contribution < -0.4 is 0 Å². The van der Waals surface area contributed by atoms with Gasteiger partial charge in [0, 0.05) is 30.6 Å². The number of aromatic amines is 1. The van der Waals surface area contributed by atoms with Crippen LogP contribution in [0.3, 0.4) is 0 Å². The van der Waals surface area contributed by atoms with E-state index in [4.69, 9.17) is 4.42 Å². The highest BCUT2D eigenvalue weighted by molar-refractivity contribution is 5.95. The molecule has 2 saturated heterocycles. The number of nitrogens with zero attached hydrogens (tertiary/aromatic N) is 3. The van der Waals surface area contributed by atoms with Gasteiger partial charge in [-0.3, -0.25) is 14.7 Å². The molecule has 5 rings (SSSR count). The number of aryl methyl sites for hydroxylation is 1. The Kier molecular flexibility index (Phi) is 6.20. The molecule has 7 nitrogen and oxygen atoms in total. The van der Waals surface area contributed by atoms with Crippen molar-refractivity contribution in [2.45, 2.75) is 64.3 Å². The second kappa shape index (κ2) is 9.41. The van der Waals surface area contributed by atoms with Gasteiger partial charge in [-0.25, -0.2) is 0 Å². The van der Waals surface area contributed by atoms with Crippen LogP contribution in [0.4, 0.5) is 0 Å². The van der Waals surface area contributed by atoms with Gasteiger partial charge in [-0.05, 0) is 50.7 Å². The maximum absolute atomic E-state index is 13.5. The number of amides is 2. The van der Waals surface area contributed by atoms with Gasteiger partial charge in [0.15, 0.2) is 0 Å². The average Bonchev–Trinajstić information content (AvgIpc) is 3.37. The summed E-state index contributed by atoms with van der Waals surface area (Å²) in [6.07, 6.45) is 10.9. The Morgan fingerprint density at radius 3 is 2.70 bits per heavy atom. The van der Waals surface area contributed by atoms with E-state index in [-0.39, 0.29) is 24.3 Å². The number of H-pyrrole nitrogens is 1. The minimum Gasteiger partial charge on any atom is -0.464 e. The van der Waals surface area contributed by atoms with Crippen molar-refractivity contribution in [2.24, 2.45) is 0 Å². The summed E-state index contributed by atoms with van der Waals surface area (Å²) in [6, 6.07) is 5.91. The van der Waals surface area contributed by atoms with Crippen LogP contribution >= 0.6 is 0 Å². The van der Waals surface area contributed by atoms with E-state index in [1.807, 2.05) is 34.9 Å². The van der Waals surface area contributed by atoms with Gasteiger partial charge in [-0.15, -0.1) is 0 Å². The van der Waals surface area contributed by atoms with Crippen molar-refractivity contribution in [3.63, 3.8) is 0 Å². The molecule has 0 spiro atoms. The van der Waals surface area contributed by atoms with E-state index < -0.39 is 0 Å². The Hall–Kier alpha value is -3.09. The van der Waals surface area contributed by atoms with Crippen LogP contribution in [0.2, 0.25) is 0 Å². The molecule has 3 aromatic rings. The van der Waals surface area contributed by atoms with E-state index in [9.17, 15) is 9.59 Å². The number of fused-ring (bicyclic) bond motifs is 1. The summed E-state index contributed by atoms with van der Waals surface area (Å²) < 4.78 is 5.71. The summed E-state index contributed by atoms with van der Waals surface area (Å²) in [7, 11) is 0. The van der Waals surface area contributed by atoms with Crippen molar-refractivity contribution in [1.29, 1.82) is 0 Å². The van der Waals surface area contributed by atoms with Crippen molar-refractivity contribution in [3.8, 4) is 0 Å². The topological polar surface area (TPSA) is 82.4 Å². The molecule has 1 N–H and O–H groups in total. The van der Waals surface area contributed by atoms with Crippen molar-refractivity contribution >= 4 is 22.8 Å². The Labute approximate surface area is 194 Å². The minimum absolute atomic E-state index is 0.0369. The molecule has 1 atom stereocenters. The number of rotatable bonds is 4. The zero-order valence-corrected chi connectivity index (χ0v) is 19.3. The summed E-state index contributed by atoms with van der Waals surface area (Å²) in [5.41, 5.74) is 4.25. The lowest BCUT2D eigenvalue weighted by atomic mass is 9.95. The lowest BCUT2D eigenvalue weighted by Crippen LogP contribution is -2.40. The van der Waals surface area contributed by atoms with Gasteiger partial charge in [0.1, 0.15) is 5.58 Å². The number of carbonyl (C=O) groups excluding carboxylic acids is 2. The fourth-order valence-corrected chi connectivity index (χ4v) is 5.29. The first-order valence-electron chi connectivity index (χ1n) is 12.2. The van der Waals surface area contributed by atoms with Crippen LogP contribution in [-0.2, 0) is 11.2 Å². The van der Waals surface area contributed by atoms with Gasteiger partial charge < -0.3 is 14.2 Å². The van der Waals surface area contributed by atoms with Crippen molar-refractivity contribution in [3.05, 3.63) is 53.0 Å². The fraction of sp³-hybridized carbons (Fsp3) is 0.500. The van der Waals surface area contributed by atoms with Crippen LogP contribution in [0.15, 0.2) is 35.1 Å². The maximum Gasteiger partial charge on any atom is 0.257 e. The molecule has 2 fully saturated rings. The number of benzene rings is 1. The lowest BCUT2D eigenvalue weighted by molar-refractivity contribution is -0.134. The van der Waals surface area contributed by atoms with E-state index in [2.05, 4.69) is 10.2 Å². The molecule has 0 aliphatic carbocycles. The Morgan fingerprint density at radius 2 is 1.88 bits per heavy atom. The molecule has 0 saturated carbocycles. The molecule has 2 amide bonds. The van der Waals surface area contributed by atoms with Crippen molar-refractivity contribution in [1.82, 2.24) is 20.0 Å². The molecule has 174 valence electrons. The summed E-state index contributed by atoms with van der Waals surface area (Å²) in [4.78, 5) is 30.7. The third kappa shape index (κ3) is 4.41. The minimum atomic E-state index is -0.153. The van der Waals surface area contributed by atoms with Crippen LogP contribution in [0, 0.1) is 6.92 Å². The average molecular weight is 449 g/mol. The molecule has 4 heterocycles. The molecule has 2 aliphatic rings. The highest BCUT2D eigenvalue weighted by Gasteiger charge is 2.33. The summed E-state index contributed by atoms with van der Waals surface area (Å²) in [6.45, 7) is 4.31. The Balaban J connectivity index is 1.37. The fourth-order valence-electron chi connectivity index (χ4n) is 5.29. The molecule has 0 bridgehead atoms. The predicted octanol–water partition coefficient (Wildman–Crippen LogP) is 4.78. The molecular formula is C26H32N4O3. The van der Waals surface area contributed by atoms with Gasteiger partial charge in [0.2, 0.25) is 5.91 Å². The third-order valence-corrected chi connectivity index (χ3v) is 7.10. The molecule has 1 aromatic carbocycles. The first-order valence-corrected chi connectivity index (χ1v) is 12.2. The molecule has 7 heteroatoms. The number of furan rings is 1. The van der Waals surface area contributed by atoms with Crippen LogP contribution in [0.5, 0.6) is 0 Å². The molecule has 33 heavy (non-hydrogen) atoms. The largest absolute Gasteiger partial charge is 0.464 e. The second-order valence-electron chi connectivity index (χ2n) is 9.44. The number of likely N-dealkylation sites (tertiary alicyclic amines) is 2. The van der Waals surface area contributed by atoms with Crippen molar-refractivity contribution < 1.29 is 14.0 Å². The zero-order valence-electron chi connectivity index (χ0n) is 19.3. The van der Waals surface area contributed by atoms with Gasteiger partial charge in [-0.2, -0.15) is 5.10 Å². The molecule has 2 aliphatic heterocycles. The number of nitrogens with one attached hydrogen (secondary N) is 1. The zero-order chi connectivity index (χ0) is 22.8. The quantitative estimate of drug-likeness (QED) is 0.623. The van der Waals surface area contributed by atoms with Gasteiger partial charge in [0.05, 0.1) is 36.2 Å². The SMILES string of the molecule is Cc1ccc2c(CC(=O)N3CCCCC3c3[nH]ncc3C(=O)N3CCCCCC3)coc2c1. The maximum atomic E-state index is 13.5. The molecular weight excluding hydrogens is 416 g/mol. The first-order chi connectivity index (χ1) is 16.1. The second-order valence-corrected chi connectivity index (χ2v) is 9.44. The Bertz CT molecular complexity index is 1140. The van der Waals surface area contributed by atoms with Crippen LogP contribution in [-0.4, -0.2) is 51.4 Å². The predicted molar refractivity (Wildman–Crippen MR) is 126 cm³/mol. The van der Waals surface area contributed by atoms with Gasteiger partial charge in [0.25, 0.3) is 5.91 Å². The van der Waals surface area contributed by atoms with Crippen LogP contribution in [0.1, 0.15) is 78.2 Å². The van der Waals surface area contributed by atoms with Crippen molar-refractivity contribution in [2.75, 3.05) is 19.6 Å². The monoisotopic (exact) mass is 448 g/mol. The normalized spacial score (nSPS) is 19.6. The van der Waals surface area contributed by atoms with Gasteiger partial charge in [-0.1, -0.05) is 25.0 Å². The summed E-state index contributed by atoms with van der Waals surface area (Å²) in [5, 5.41) is 8.30. The molecule has 0 radical (unpaired) electrons. The van der Waals surface area contributed by atoms with E-state index >= 15 is 0 Å². The number of piperidine rings is 1. The molecule has 1 unspecified atom stereocenters. The lowest BCUT2D eigenvalue weighted by Gasteiger charge is -2.36. The van der Waals surface area contributed by atoms with Gasteiger partial charge >= 0.3 is 0 Å². The third-order valence-electron chi connectivity index (χ3n) is 7.10. The highest BCUT2D eigenvalue weighted by atomic mass is 16.3. The van der Waals surface area contributed by atoms with Crippen LogP contribution in [0.25, 0.3) is 11.0 Å². The summed E-state index contributed by atoms with van der Waals surface area (Å²) in [5.74, 6) is 0.0977. The standard InChI is InChI=1S/C26H32N4O3/c1-18-9-10-20-19(17-33-23(20)14-18)15-24(31)30-13-7-4-8-22(30)25-21(16-27-28-25)26(32)29-11-5-2-3-6-12-29/h9-10,14,16-17,22H,2-8,11-13,15H2,1H3,(H,27,28). The molecule has 2 aromatic heterocycles. The number of aromatic nitrogens is 2. The highest BCUT2D eigenvalue weighted by Crippen LogP contribution is 2.33. The smallest absolute Gasteiger partial charge is 0.257 e. The number of hydrogen-bond donors (Lipinski definition) is 1. The van der Waals surface area contributed by atoms with E-state index in [1.54, 1.807) is 12.5 Å². The summed E-state index contributed by atoms with van der Waals surface area (Å²) >= 11 is 0. The number of carbonyl (C=O) groups is 2. The Morgan fingerprint density at radius 1 is 1.09 bits per heavy atom. The van der Waals surface area contributed by atoms with E-state index in [0.29, 0.717) is 12.1 Å². The first kappa shape index (κ1) is 21.7. The van der Waals surface area contributed by atoms with E-state index in [0.717, 1.165) is 73.0 Å². The van der Waals surface area contributed by atoms with E-state index in [1.165, 1.54) is 12.8 Å².